The first-order chi connectivity index (χ1) is 33.0. The van der Waals surface area contributed by atoms with Gasteiger partial charge in [-0.1, -0.05) is 76.1 Å². The molecular formula is C47H68FN11O10S. The number of benzene rings is 2. The minimum absolute atomic E-state index is 0.00406. The SMILES string of the molecule is CC[C@H](C)[C@@H]1NC(=O)[C@H](Cc2ccc(C)cc2)NC(=O)[C@@H](N)CCSC[C@@H](C(=O)N(CC(=O)N[C@@H](CC(C)C)C(N)=O)Cc2ccc(F)cc2)NC(=O)[C@H](CC(N)=O)NC(=O)[C@H](CCC(N)=O)NC1=O. The lowest BCUT2D eigenvalue weighted by Crippen LogP contribution is -2.61. The third kappa shape index (κ3) is 19.4. The predicted octanol–water partition coefficient (Wildman–Crippen LogP) is -1.20. The minimum Gasteiger partial charge on any atom is -0.370 e. The first-order valence-corrected chi connectivity index (χ1v) is 24.2. The molecule has 1 saturated heterocycles. The van der Waals surface area contributed by atoms with Crippen LogP contribution < -0.4 is 54.8 Å². The monoisotopic (exact) mass is 997 g/mol. The van der Waals surface area contributed by atoms with Crippen molar-refractivity contribution in [2.75, 3.05) is 18.1 Å². The molecule has 1 fully saturated rings. The molecule has 1 aliphatic rings. The summed E-state index contributed by atoms with van der Waals surface area (Å²) >= 11 is 1.07. The summed E-state index contributed by atoms with van der Waals surface area (Å²) in [5.41, 5.74) is 24.9. The van der Waals surface area contributed by atoms with E-state index in [1.807, 2.05) is 32.9 Å². The van der Waals surface area contributed by atoms with Crippen LogP contribution in [0.25, 0.3) is 0 Å². The van der Waals surface area contributed by atoms with Gasteiger partial charge in [0.15, 0.2) is 0 Å². The van der Waals surface area contributed by atoms with Crippen LogP contribution in [-0.4, -0.2) is 124 Å². The second-order valence-electron chi connectivity index (χ2n) is 17.9. The van der Waals surface area contributed by atoms with Crippen molar-refractivity contribution < 1.29 is 52.3 Å². The largest absolute Gasteiger partial charge is 0.370 e. The molecule has 2 aromatic carbocycles. The Morgan fingerprint density at radius 1 is 0.771 bits per heavy atom. The summed E-state index contributed by atoms with van der Waals surface area (Å²) in [5.74, 6) is -10.2. The molecule has 0 unspecified atom stereocenters. The van der Waals surface area contributed by atoms with Crippen molar-refractivity contribution in [3.8, 4) is 0 Å². The van der Waals surface area contributed by atoms with Crippen molar-refractivity contribution in [1.82, 2.24) is 36.8 Å². The Balaban J connectivity index is 2.13. The van der Waals surface area contributed by atoms with Gasteiger partial charge in [0.05, 0.1) is 19.0 Å². The van der Waals surface area contributed by atoms with Crippen molar-refractivity contribution in [1.29, 1.82) is 0 Å². The lowest BCUT2D eigenvalue weighted by atomic mass is 9.96. The van der Waals surface area contributed by atoms with E-state index in [1.54, 1.807) is 26.0 Å². The number of halogens is 1. The summed E-state index contributed by atoms with van der Waals surface area (Å²) in [6, 6.07) is 2.49. The smallest absolute Gasteiger partial charge is 0.246 e. The molecule has 3 rings (SSSR count). The molecule has 10 amide bonds. The Hall–Kier alpha value is -6.62. The number of hydrogen-bond acceptors (Lipinski definition) is 12. The number of rotatable bonds is 18. The summed E-state index contributed by atoms with van der Waals surface area (Å²) < 4.78 is 14.0. The van der Waals surface area contributed by atoms with E-state index < -0.39 is 139 Å². The van der Waals surface area contributed by atoms with Crippen molar-refractivity contribution in [3.05, 3.63) is 71.0 Å². The van der Waals surface area contributed by atoms with Gasteiger partial charge in [0.1, 0.15) is 42.1 Å². The number of aryl methyl sites for hydroxylation is 1. The van der Waals surface area contributed by atoms with Crippen LogP contribution in [0, 0.1) is 24.6 Å². The maximum Gasteiger partial charge on any atom is 0.246 e. The van der Waals surface area contributed by atoms with Crippen LogP contribution in [0.1, 0.15) is 82.9 Å². The molecule has 0 aromatic heterocycles. The minimum atomic E-state index is -1.78. The summed E-state index contributed by atoms with van der Waals surface area (Å²) in [5, 5.41) is 15.5. The van der Waals surface area contributed by atoms with E-state index in [2.05, 4.69) is 31.9 Å². The molecule has 8 atom stereocenters. The second kappa shape index (κ2) is 28.1. The van der Waals surface area contributed by atoms with Gasteiger partial charge in [-0.25, -0.2) is 4.39 Å². The molecule has 0 radical (unpaired) electrons. The lowest BCUT2D eigenvalue weighted by molar-refractivity contribution is -0.140. The molecule has 1 aliphatic heterocycles. The highest BCUT2D eigenvalue weighted by molar-refractivity contribution is 7.99. The molecule has 0 spiro atoms. The number of nitrogens with two attached hydrogens (primary N) is 4. The molecule has 14 N–H and O–H groups in total. The Morgan fingerprint density at radius 2 is 1.36 bits per heavy atom. The van der Waals surface area contributed by atoms with Crippen molar-refractivity contribution in [2.45, 2.75) is 128 Å². The van der Waals surface area contributed by atoms with Crippen LogP contribution in [0.15, 0.2) is 48.5 Å². The van der Waals surface area contributed by atoms with Gasteiger partial charge in [-0.05, 0) is 67.0 Å². The zero-order valence-electron chi connectivity index (χ0n) is 40.2. The van der Waals surface area contributed by atoms with Gasteiger partial charge in [-0.15, -0.1) is 0 Å². The molecular weight excluding hydrogens is 930 g/mol. The fraction of sp³-hybridized carbons (Fsp3) is 0.532. The van der Waals surface area contributed by atoms with E-state index in [1.165, 1.54) is 12.1 Å². The normalized spacial score (nSPS) is 21.9. The van der Waals surface area contributed by atoms with Crippen LogP contribution in [0.4, 0.5) is 4.39 Å². The fourth-order valence-corrected chi connectivity index (χ4v) is 8.32. The Morgan fingerprint density at radius 3 is 1.94 bits per heavy atom. The van der Waals surface area contributed by atoms with E-state index in [4.69, 9.17) is 22.9 Å². The maximum atomic E-state index is 14.7. The van der Waals surface area contributed by atoms with Gasteiger partial charge in [0.25, 0.3) is 0 Å². The number of nitrogens with zero attached hydrogens (tertiary/aromatic N) is 1. The van der Waals surface area contributed by atoms with Gasteiger partial charge >= 0.3 is 0 Å². The second-order valence-corrected chi connectivity index (χ2v) is 19.1. The Kier molecular flexibility index (Phi) is 23.2. The topological polar surface area (TPSA) is 350 Å². The molecule has 0 saturated carbocycles. The summed E-state index contributed by atoms with van der Waals surface area (Å²) in [4.78, 5) is 136. The third-order valence-electron chi connectivity index (χ3n) is 11.5. The first kappa shape index (κ1) is 57.7. The van der Waals surface area contributed by atoms with Gasteiger partial charge in [-0.3, -0.25) is 47.9 Å². The highest BCUT2D eigenvalue weighted by atomic mass is 32.2. The Labute approximate surface area is 411 Å². The van der Waals surface area contributed by atoms with Crippen LogP contribution in [0.3, 0.4) is 0 Å². The van der Waals surface area contributed by atoms with E-state index >= 15 is 0 Å². The van der Waals surface area contributed by atoms with E-state index in [0.29, 0.717) is 17.5 Å². The molecule has 384 valence electrons. The quantitative estimate of drug-likeness (QED) is 0.0842. The summed E-state index contributed by atoms with van der Waals surface area (Å²) in [6.07, 6.45) is -1.12. The fourth-order valence-electron chi connectivity index (χ4n) is 7.27. The number of nitrogens with one attached hydrogen (secondary N) is 6. The standard InChI is InChI=1S/C47H68FN11O10S/c1-6-27(5)40-46(68)54-32(15-16-37(50)60)43(65)56-35(21-38(51)61)44(66)57-36(24-70-18-17-31(49)42(64)55-34(45(67)58-40)20-28-9-7-26(4)8-10-28)47(69)59(22-29-11-13-30(48)14-12-29)23-39(62)53-33(41(52)63)19-25(2)3/h7-14,25,27,31-36,40H,6,15-24,49H2,1-5H3,(H2,50,60)(H2,51,61)(H2,52,63)(H,53,62)(H,54,68)(H,55,64)(H,56,65)(H,57,66)(H,58,67)/t27-,31-,32-,33-,34-,35-,36-,40-/m0/s1. The van der Waals surface area contributed by atoms with E-state index in [0.717, 1.165) is 34.4 Å². The predicted molar refractivity (Wildman–Crippen MR) is 259 cm³/mol. The summed E-state index contributed by atoms with van der Waals surface area (Å²) in [6.45, 7) is 7.94. The average Bonchev–Trinajstić information content (AvgIpc) is 3.29. The number of carbonyl (C=O) groups is 10. The van der Waals surface area contributed by atoms with Gasteiger partial charge in [0, 0.05) is 25.1 Å². The lowest BCUT2D eigenvalue weighted by Gasteiger charge is -2.30. The number of primary amides is 3. The van der Waals surface area contributed by atoms with Crippen molar-refractivity contribution in [3.63, 3.8) is 0 Å². The first-order valence-electron chi connectivity index (χ1n) is 23.1. The highest BCUT2D eigenvalue weighted by Crippen LogP contribution is 2.16. The molecule has 21 nitrogen and oxygen atoms in total. The molecule has 0 aliphatic carbocycles. The Bertz CT molecular complexity index is 2180. The van der Waals surface area contributed by atoms with Gasteiger partial charge in [-0.2, -0.15) is 11.8 Å². The van der Waals surface area contributed by atoms with Crippen molar-refractivity contribution >= 4 is 70.8 Å². The maximum absolute atomic E-state index is 14.7. The number of carbonyl (C=O) groups excluding carboxylic acids is 10. The van der Waals surface area contributed by atoms with E-state index in [9.17, 15) is 52.3 Å². The molecule has 23 heteroatoms. The molecule has 1 heterocycles. The van der Waals surface area contributed by atoms with Crippen LogP contribution in [-0.2, 0) is 60.9 Å². The zero-order valence-corrected chi connectivity index (χ0v) is 41.0. The number of thioether (sulfide) groups is 1. The zero-order chi connectivity index (χ0) is 52.2. The van der Waals surface area contributed by atoms with Gasteiger partial charge < -0.3 is 59.7 Å². The average molecular weight is 998 g/mol. The highest BCUT2D eigenvalue weighted by Gasteiger charge is 2.36. The van der Waals surface area contributed by atoms with Crippen LogP contribution >= 0.6 is 11.8 Å². The van der Waals surface area contributed by atoms with Crippen LogP contribution in [0.5, 0.6) is 0 Å². The molecule has 2 aromatic rings. The van der Waals surface area contributed by atoms with Crippen molar-refractivity contribution in [2.24, 2.45) is 34.8 Å². The molecule has 70 heavy (non-hydrogen) atoms. The molecule has 0 bridgehead atoms. The summed E-state index contributed by atoms with van der Waals surface area (Å²) in [7, 11) is 0. The van der Waals surface area contributed by atoms with E-state index in [-0.39, 0.29) is 43.2 Å². The number of amides is 10. The van der Waals surface area contributed by atoms with Gasteiger partial charge in [0.2, 0.25) is 59.1 Å². The van der Waals surface area contributed by atoms with Crippen LogP contribution in [0.2, 0.25) is 0 Å². The number of hydrogen-bond donors (Lipinski definition) is 10. The third-order valence-corrected chi connectivity index (χ3v) is 12.6.